The monoisotopic (exact) mass is 449 g/mol. The number of anilines is 1. The number of nitrogens with one attached hydrogen (secondary N) is 2. The molecular weight excluding hydrogens is 433 g/mol. The molecule has 1 aliphatic heterocycles. The lowest BCUT2D eigenvalue weighted by Gasteiger charge is -2.17. The first-order chi connectivity index (χ1) is 14.3. The third kappa shape index (κ3) is 5.49. The molecule has 30 heavy (non-hydrogen) atoms. The molecule has 2 aromatic carbocycles. The molecule has 1 saturated heterocycles. The van der Waals surface area contributed by atoms with Gasteiger partial charge in [0.1, 0.15) is 0 Å². The van der Waals surface area contributed by atoms with Gasteiger partial charge >= 0.3 is 5.97 Å². The fraction of sp³-hybridized carbons (Fsp3) is 0.200. The van der Waals surface area contributed by atoms with Gasteiger partial charge in [0.15, 0.2) is 6.61 Å². The topological polar surface area (TPSA) is 105 Å². The van der Waals surface area contributed by atoms with Crippen molar-refractivity contribution in [2.24, 2.45) is 5.92 Å². The van der Waals surface area contributed by atoms with Crippen LogP contribution in [0.15, 0.2) is 48.5 Å². The molecule has 3 rings (SSSR count). The number of carbonyl (C=O) groups is 4. The van der Waals surface area contributed by atoms with Crippen LogP contribution in [0.5, 0.6) is 0 Å². The van der Waals surface area contributed by atoms with Gasteiger partial charge in [0.25, 0.3) is 11.8 Å². The largest absolute Gasteiger partial charge is 0.455 e. The van der Waals surface area contributed by atoms with Crippen LogP contribution >= 0.6 is 23.2 Å². The zero-order valence-corrected chi connectivity index (χ0v) is 17.1. The molecule has 0 aromatic heterocycles. The van der Waals surface area contributed by atoms with Crippen LogP contribution in [0.2, 0.25) is 10.0 Å². The molecule has 10 heteroatoms. The van der Waals surface area contributed by atoms with E-state index in [4.69, 9.17) is 27.9 Å². The highest BCUT2D eigenvalue weighted by Gasteiger charge is 2.36. The van der Waals surface area contributed by atoms with E-state index >= 15 is 0 Å². The van der Waals surface area contributed by atoms with Crippen molar-refractivity contribution in [2.45, 2.75) is 6.42 Å². The molecule has 0 unspecified atom stereocenters. The van der Waals surface area contributed by atoms with E-state index < -0.39 is 36.2 Å². The summed E-state index contributed by atoms with van der Waals surface area (Å²) in [4.78, 5) is 48.5. The van der Waals surface area contributed by atoms with Gasteiger partial charge in [-0.25, -0.2) is 0 Å². The summed E-state index contributed by atoms with van der Waals surface area (Å²) in [7, 11) is 0. The highest BCUT2D eigenvalue weighted by Crippen LogP contribution is 2.25. The summed E-state index contributed by atoms with van der Waals surface area (Å²) < 4.78 is 5.00. The van der Waals surface area contributed by atoms with Crippen LogP contribution in [0.25, 0.3) is 0 Å². The summed E-state index contributed by atoms with van der Waals surface area (Å²) in [5.74, 6) is -3.00. The van der Waals surface area contributed by atoms with Gasteiger partial charge in [0.2, 0.25) is 5.91 Å². The lowest BCUT2D eigenvalue weighted by Crippen LogP contribution is -2.43. The first kappa shape index (κ1) is 21.6. The van der Waals surface area contributed by atoms with Crippen LogP contribution in [-0.2, 0) is 19.1 Å². The van der Waals surface area contributed by atoms with Gasteiger partial charge in [-0.2, -0.15) is 0 Å². The third-order valence-electron chi connectivity index (χ3n) is 4.28. The molecule has 0 radical (unpaired) electrons. The fourth-order valence-corrected chi connectivity index (χ4v) is 3.12. The molecule has 1 aliphatic rings. The molecule has 1 fully saturated rings. The summed E-state index contributed by atoms with van der Waals surface area (Å²) in [6, 6.07) is 12.9. The molecule has 2 N–H and O–H groups in total. The number of hydrogen-bond acceptors (Lipinski definition) is 5. The van der Waals surface area contributed by atoms with Gasteiger partial charge in [-0.3, -0.25) is 29.6 Å². The first-order valence-electron chi connectivity index (χ1n) is 8.91. The predicted molar refractivity (Wildman–Crippen MR) is 110 cm³/mol. The number of halogens is 2. The SMILES string of the molecule is O=C(COC(=O)[C@H]1CC(=O)N(NC(=O)c2ccccc2)C1)Nc1cc(Cl)ccc1Cl. The Balaban J connectivity index is 1.49. The maximum absolute atomic E-state index is 12.2. The standard InChI is InChI=1S/C20H17Cl2N3O5/c21-14-6-7-15(22)16(9-14)23-17(26)11-30-20(29)13-8-18(27)25(10-13)24-19(28)12-4-2-1-3-5-12/h1-7,9,13H,8,10-11H2,(H,23,26)(H,24,28)/t13-/m0/s1. The van der Waals surface area contributed by atoms with Crippen LogP contribution in [0.4, 0.5) is 5.69 Å². The van der Waals surface area contributed by atoms with Crippen molar-refractivity contribution in [3.8, 4) is 0 Å². The van der Waals surface area contributed by atoms with Crippen LogP contribution in [0.3, 0.4) is 0 Å². The lowest BCUT2D eigenvalue weighted by molar-refractivity contribution is -0.151. The van der Waals surface area contributed by atoms with E-state index in [9.17, 15) is 19.2 Å². The van der Waals surface area contributed by atoms with E-state index in [1.807, 2.05) is 0 Å². The summed E-state index contributed by atoms with van der Waals surface area (Å²) in [5.41, 5.74) is 3.14. The molecule has 156 valence electrons. The number of rotatable bonds is 6. The maximum atomic E-state index is 12.2. The van der Waals surface area contributed by atoms with Gasteiger partial charge in [0.05, 0.1) is 23.2 Å². The molecule has 1 heterocycles. The van der Waals surface area contributed by atoms with E-state index in [1.165, 1.54) is 12.1 Å². The molecule has 3 amide bonds. The Morgan fingerprint density at radius 2 is 1.83 bits per heavy atom. The van der Waals surface area contributed by atoms with E-state index in [0.29, 0.717) is 10.6 Å². The van der Waals surface area contributed by atoms with Crippen LogP contribution in [0, 0.1) is 5.92 Å². The minimum atomic E-state index is -0.795. The second kappa shape index (κ2) is 9.60. The van der Waals surface area contributed by atoms with E-state index in [-0.39, 0.29) is 23.7 Å². The predicted octanol–water partition coefficient (Wildman–Crippen LogP) is 2.67. The number of amides is 3. The minimum absolute atomic E-state index is 0.0437. The number of nitrogens with zero attached hydrogens (tertiary/aromatic N) is 1. The van der Waals surface area contributed by atoms with Crippen molar-refractivity contribution in [1.82, 2.24) is 10.4 Å². The summed E-state index contributed by atoms with van der Waals surface area (Å²) >= 11 is 11.8. The molecule has 0 spiro atoms. The molecule has 8 nitrogen and oxygen atoms in total. The molecule has 0 bridgehead atoms. The Morgan fingerprint density at radius 1 is 1.10 bits per heavy atom. The van der Waals surface area contributed by atoms with Crippen molar-refractivity contribution in [1.29, 1.82) is 0 Å². The van der Waals surface area contributed by atoms with E-state index in [0.717, 1.165) is 5.01 Å². The van der Waals surface area contributed by atoms with Gasteiger partial charge < -0.3 is 10.1 Å². The van der Waals surface area contributed by atoms with E-state index in [2.05, 4.69) is 10.7 Å². The zero-order chi connectivity index (χ0) is 21.7. The fourth-order valence-electron chi connectivity index (χ4n) is 2.78. The third-order valence-corrected chi connectivity index (χ3v) is 4.84. The Labute approximate surface area is 182 Å². The Morgan fingerprint density at radius 3 is 2.57 bits per heavy atom. The second-order valence-electron chi connectivity index (χ2n) is 6.49. The molecule has 2 aromatic rings. The van der Waals surface area contributed by atoms with Gasteiger partial charge in [-0.05, 0) is 30.3 Å². The molecule has 0 aliphatic carbocycles. The van der Waals surface area contributed by atoms with E-state index in [1.54, 1.807) is 36.4 Å². The smallest absolute Gasteiger partial charge is 0.311 e. The summed E-state index contributed by atoms with van der Waals surface area (Å²) in [5, 5.41) is 4.23. The zero-order valence-electron chi connectivity index (χ0n) is 15.6. The highest BCUT2D eigenvalue weighted by molar-refractivity contribution is 6.35. The van der Waals surface area contributed by atoms with Crippen molar-refractivity contribution < 1.29 is 23.9 Å². The Hall–Kier alpha value is -3.10. The quantitative estimate of drug-likeness (QED) is 0.659. The Kier molecular flexibility index (Phi) is 6.91. The second-order valence-corrected chi connectivity index (χ2v) is 7.34. The average molecular weight is 450 g/mol. The van der Waals surface area contributed by atoms with Gasteiger partial charge in [0, 0.05) is 17.0 Å². The van der Waals surface area contributed by atoms with Crippen LogP contribution < -0.4 is 10.7 Å². The number of benzene rings is 2. The lowest BCUT2D eigenvalue weighted by atomic mass is 10.1. The number of carbonyl (C=O) groups excluding carboxylic acids is 4. The van der Waals surface area contributed by atoms with Gasteiger partial charge in [-0.1, -0.05) is 41.4 Å². The van der Waals surface area contributed by atoms with Crippen LogP contribution in [-0.4, -0.2) is 41.9 Å². The van der Waals surface area contributed by atoms with Crippen LogP contribution in [0.1, 0.15) is 16.8 Å². The minimum Gasteiger partial charge on any atom is -0.455 e. The average Bonchev–Trinajstić information content (AvgIpc) is 3.10. The summed E-state index contributed by atoms with van der Waals surface area (Å²) in [6.07, 6.45) is -0.129. The normalized spacial score (nSPS) is 15.6. The Bertz CT molecular complexity index is 984. The first-order valence-corrected chi connectivity index (χ1v) is 9.67. The van der Waals surface area contributed by atoms with Crippen molar-refractivity contribution in [3.05, 3.63) is 64.1 Å². The number of ether oxygens (including phenoxy) is 1. The molecule has 0 saturated carbocycles. The molecular formula is C20H17Cl2N3O5. The van der Waals surface area contributed by atoms with Crippen molar-refractivity contribution in [2.75, 3.05) is 18.5 Å². The van der Waals surface area contributed by atoms with Crippen molar-refractivity contribution >= 4 is 52.6 Å². The number of hydrazine groups is 1. The molecule has 1 atom stereocenters. The van der Waals surface area contributed by atoms with Crippen molar-refractivity contribution in [3.63, 3.8) is 0 Å². The number of esters is 1. The highest BCUT2D eigenvalue weighted by atomic mass is 35.5. The van der Waals surface area contributed by atoms with Gasteiger partial charge in [-0.15, -0.1) is 0 Å². The summed E-state index contributed by atoms with van der Waals surface area (Å²) in [6.45, 7) is -0.597. The number of hydrogen-bond donors (Lipinski definition) is 2. The maximum Gasteiger partial charge on any atom is 0.311 e.